The van der Waals surface area contributed by atoms with Gasteiger partial charge < -0.3 is 15.2 Å². The summed E-state index contributed by atoms with van der Waals surface area (Å²) >= 11 is 0. The van der Waals surface area contributed by atoms with E-state index >= 15 is 0 Å². The van der Waals surface area contributed by atoms with Gasteiger partial charge in [-0.15, -0.1) is 0 Å². The van der Waals surface area contributed by atoms with Gasteiger partial charge in [0.25, 0.3) is 0 Å². The Morgan fingerprint density at radius 2 is 2.25 bits per heavy atom. The lowest BCUT2D eigenvalue weighted by atomic mass is 10.1. The van der Waals surface area contributed by atoms with Crippen molar-refractivity contribution in [1.82, 2.24) is 14.5 Å². The van der Waals surface area contributed by atoms with E-state index in [0.29, 0.717) is 0 Å². The smallest absolute Gasteiger partial charge is 0.381 e. The molecule has 102 valence electrons. The van der Waals surface area contributed by atoms with Crippen LogP contribution in [0.15, 0.2) is 18.6 Å². The largest absolute Gasteiger partial charge is 0.478 e. The van der Waals surface area contributed by atoms with Crippen LogP contribution in [0.4, 0.5) is 5.82 Å². The molecule has 0 amide bonds. The topological polar surface area (TPSA) is 111 Å². The number of aryl methyl sites for hydroxylation is 2. The molecule has 2 aromatic rings. The fourth-order valence-electron chi connectivity index (χ4n) is 2.34. The molecule has 0 aliphatic heterocycles. The lowest BCUT2D eigenvalue weighted by Crippen LogP contribution is -2.09. The minimum atomic E-state index is -1.11. The van der Waals surface area contributed by atoms with Crippen molar-refractivity contribution in [3.05, 3.63) is 45.5 Å². The summed E-state index contributed by atoms with van der Waals surface area (Å²) in [6.45, 7) is 0. The second-order valence-electron chi connectivity index (χ2n) is 4.52. The van der Waals surface area contributed by atoms with E-state index < -0.39 is 10.9 Å². The Hall–Kier alpha value is -2.77. The van der Waals surface area contributed by atoms with Gasteiger partial charge in [0.2, 0.25) is 6.33 Å². The van der Waals surface area contributed by atoms with Crippen LogP contribution >= 0.6 is 0 Å². The molecule has 0 radical (unpaired) electrons. The van der Waals surface area contributed by atoms with Gasteiger partial charge in [0.05, 0.1) is 0 Å². The maximum absolute atomic E-state index is 11.3. The van der Waals surface area contributed by atoms with Crippen molar-refractivity contribution in [2.24, 2.45) is 0 Å². The van der Waals surface area contributed by atoms with Crippen LogP contribution < -0.4 is 0 Å². The van der Waals surface area contributed by atoms with E-state index in [4.69, 9.17) is 0 Å². The minimum absolute atomic E-state index is 0.0259. The van der Waals surface area contributed by atoms with Crippen LogP contribution in [-0.4, -0.2) is 30.5 Å². The normalized spacial score (nSPS) is 13.2. The third-order valence-corrected chi connectivity index (χ3v) is 3.26. The summed E-state index contributed by atoms with van der Waals surface area (Å²) in [5.41, 5.74) is 1.81. The molecule has 1 N–H and O–H groups in total. The quantitative estimate of drug-likeness (QED) is 0.668. The predicted octanol–water partition coefficient (Wildman–Crippen LogP) is 1.36. The van der Waals surface area contributed by atoms with Crippen LogP contribution in [0.5, 0.6) is 0 Å². The van der Waals surface area contributed by atoms with Gasteiger partial charge in [-0.2, -0.15) is 0 Å². The Balaban J connectivity index is 2.16. The van der Waals surface area contributed by atoms with Crippen LogP contribution in [0.3, 0.4) is 0 Å². The Kier molecular flexibility index (Phi) is 2.70. The number of carboxylic acid groups (broad SMARTS) is 1. The molecule has 20 heavy (non-hydrogen) atoms. The molecule has 0 atom stereocenters. The monoisotopic (exact) mass is 274 g/mol. The summed E-state index contributed by atoms with van der Waals surface area (Å²) in [7, 11) is 0. The molecule has 0 saturated carbocycles. The third-order valence-electron chi connectivity index (χ3n) is 3.26. The van der Waals surface area contributed by atoms with E-state index in [9.17, 15) is 20.0 Å². The highest BCUT2D eigenvalue weighted by Crippen LogP contribution is 2.25. The highest BCUT2D eigenvalue weighted by atomic mass is 16.6. The number of carbonyl (C=O) groups is 1. The summed E-state index contributed by atoms with van der Waals surface area (Å²) in [5.74, 6) is -1.29. The molecule has 0 bridgehead atoms. The molecule has 2 heterocycles. The van der Waals surface area contributed by atoms with Crippen molar-refractivity contribution in [2.45, 2.75) is 19.3 Å². The van der Waals surface area contributed by atoms with Crippen LogP contribution in [0.25, 0.3) is 5.82 Å². The molecule has 0 saturated heterocycles. The molecule has 2 aromatic heterocycles. The molecule has 1 aliphatic carbocycles. The molecule has 8 heteroatoms. The molecule has 0 spiro atoms. The first-order chi connectivity index (χ1) is 9.56. The predicted molar refractivity (Wildman–Crippen MR) is 67.0 cm³/mol. The number of hydrogen-bond donors (Lipinski definition) is 1. The second-order valence-corrected chi connectivity index (χ2v) is 4.52. The molecule has 8 nitrogen and oxygen atoms in total. The number of fused-ring (bicyclic) bond motifs is 1. The lowest BCUT2D eigenvalue weighted by Gasteiger charge is -2.08. The van der Waals surface area contributed by atoms with Gasteiger partial charge in [-0.25, -0.2) is 9.78 Å². The van der Waals surface area contributed by atoms with E-state index in [0.717, 1.165) is 36.7 Å². The Morgan fingerprint density at radius 1 is 1.45 bits per heavy atom. The van der Waals surface area contributed by atoms with E-state index in [-0.39, 0.29) is 17.2 Å². The number of aromatic nitrogens is 3. The summed E-state index contributed by atoms with van der Waals surface area (Å²) in [6.07, 6.45) is 4.91. The number of carboxylic acids is 1. The lowest BCUT2D eigenvalue weighted by molar-refractivity contribution is -0.389. The number of nitro groups is 1. The minimum Gasteiger partial charge on any atom is -0.478 e. The van der Waals surface area contributed by atoms with E-state index in [2.05, 4.69) is 9.97 Å². The first-order valence-corrected chi connectivity index (χ1v) is 6.01. The maximum atomic E-state index is 11.3. The summed E-state index contributed by atoms with van der Waals surface area (Å²) in [5, 5.41) is 19.9. The molecule has 0 unspecified atom stereocenters. The highest BCUT2D eigenvalue weighted by molar-refractivity contribution is 5.91. The SMILES string of the molecule is O=C(O)c1cc2c(nc1-n1cnc([N+](=O)[O-])c1)CCC2. The van der Waals surface area contributed by atoms with Gasteiger partial charge in [0, 0.05) is 5.69 Å². The second kappa shape index (κ2) is 4.41. The van der Waals surface area contributed by atoms with Gasteiger partial charge in [0.1, 0.15) is 11.8 Å². The maximum Gasteiger partial charge on any atom is 0.381 e. The van der Waals surface area contributed by atoms with Gasteiger partial charge in [-0.1, -0.05) is 0 Å². The van der Waals surface area contributed by atoms with Crippen molar-refractivity contribution in [3.8, 4) is 5.82 Å². The fraction of sp³-hybridized carbons (Fsp3) is 0.250. The van der Waals surface area contributed by atoms with E-state index in [1.807, 2.05) is 0 Å². The van der Waals surface area contributed by atoms with Crippen molar-refractivity contribution in [1.29, 1.82) is 0 Å². The molecule has 1 aliphatic rings. The van der Waals surface area contributed by atoms with E-state index in [1.165, 1.54) is 10.9 Å². The number of aromatic carboxylic acids is 1. The standard InChI is InChI=1S/C12H10N4O4/c17-12(18)8-4-7-2-1-3-9(7)14-11(8)15-5-10(13-6-15)16(19)20/h4-6H,1-3H2,(H,17,18). The molecule has 3 rings (SSSR count). The van der Waals surface area contributed by atoms with Crippen molar-refractivity contribution in [3.63, 3.8) is 0 Å². The molecule has 0 aromatic carbocycles. The van der Waals surface area contributed by atoms with Gasteiger partial charge >= 0.3 is 11.8 Å². The van der Waals surface area contributed by atoms with Crippen molar-refractivity contribution >= 4 is 11.8 Å². The van der Waals surface area contributed by atoms with Crippen LogP contribution in [-0.2, 0) is 12.8 Å². The number of pyridine rings is 1. The van der Waals surface area contributed by atoms with Gasteiger partial charge in [-0.05, 0) is 40.8 Å². The number of nitrogens with zero attached hydrogens (tertiary/aromatic N) is 4. The van der Waals surface area contributed by atoms with Crippen LogP contribution in [0, 0.1) is 10.1 Å². The average Bonchev–Trinajstić information content (AvgIpc) is 3.05. The zero-order valence-electron chi connectivity index (χ0n) is 10.3. The summed E-state index contributed by atoms with van der Waals surface area (Å²) in [6, 6.07) is 1.60. The zero-order valence-corrected chi connectivity index (χ0v) is 10.3. The van der Waals surface area contributed by atoms with Crippen molar-refractivity contribution in [2.75, 3.05) is 0 Å². The number of hydrogen-bond acceptors (Lipinski definition) is 5. The van der Waals surface area contributed by atoms with Gasteiger partial charge in [-0.3, -0.25) is 4.57 Å². The zero-order chi connectivity index (χ0) is 14.3. The van der Waals surface area contributed by atoms with Gasteiger partial charge in [0.15, 0.2) is 5.82 Å². The Labute approximate surface area is 112 Å². The first kappa shape index (κ1) is 12.3. The van der Waals surface area contributed by atoms with Crippen LogP contribution in [0.1, 0.15) is 28.0 Å². The highest BCUT2D eigenvalue weighted by Gasteiger charge is 2.22. The fourth-order valence-corrected chi connectivity index (χ4v) is 2.34. The number of rotatable bonds is 3. The van der Waals surface area contributed by atoms with Crippen molar-refractivity contribution < 1.29 is 14.8 Å². The summed E-state index contributed by atoms with van der Waals surface area (Å²) in [4.78, 5) is 29.3. The Morgan fingerprint density at radius 3 is 2.90 bits per heavy atom. The van der Waals surface area contributed by atoms with Crippen LogP contribution in [0.2, 0.25) is 0 Å². The number of imidazole rings is 1. The first-order valence-electron chi connectivity index (χ1n) is 6.01. The third kappa shape index (κ3) is 1.91. The molecule has 0 fully saturated rings. The average molecular weight is 274 g/mol. The molecular weight excluding hydrogens is 264 g/mol. The molecular formula is C12H10N4O4. The van der Waals surface area contributed by atoms with E-state index in [1.54, 1.807) is 6.07 Å². The Bertz CT molecular complexity index is 722. The summed E-state index contributed by atoms with van der Waals surface area (Å²) < 4.78 is 1.28.